The Morgan fingerprint density at radius 2 is 1.67 bits per heavy atom. The van der Waals surface area contributed by atoms with E-state index in [9.17, 15) is 9.18 Å². The molecule has 2 fully saturated rings. The summed E-state index contributed by atoms with van der Waals surface area (Å²) in [5.41, 5.74) is 0. The summed E-state index contributed by atoms with van der Waals surface area (Å²) in [5.74, 6) is 1.05. The van der Waals surface area contributed by atoms with E-state index in [1.807, 2.05) is 17.0 Å². The lowest BCUT2D eigenvalue weighted by Crippen LogP contribution is -2.50. The summed E-state index contributed by atoms with van der Waals surface area (Å²) in [5, 5.41) is 0. The molecule has 0 bridgehead atoms. The van der Waals surface area contributed by atoms with Crippen LogP contribution in [0.25, 0.3) is 0 Å². The van der Waals surface area contributed by atoms with Gasteiger partial charge in [0.15, 0.2) is 0 Å². The Hall–Kier alpha value is -1.11. The van der Waals surface area contributed by atoms with Gasteiger partial charge in [-0.25, -0.2) is 4.39 Å². The minimum Gasteiger partial charge on any atom is -0.342 e. The molecule has 1 aromatic carbocycles. The Balaban J connectivity index is 1.33. The molecule has 1 aromatic rings. The molecule has 2 aliphatic heterocycles. The van der Waals surface area contributed by atoms with E-state index in [4.69, 9.17) is 0 Å². The number of nitrogens with zero attached hydrogens (tertiary/aromatic N) is 3. The molecule has 3 rings (SSSR count). The van der Waals surface area contributed by atoms with Gasteiger partial charge in [0, 0.05) is 56.5 Å². The topological polar surface area (TPSA) is 26.8 Å². The quantitative estimate of drug-likeness (QED) is 0.734. The smallest absolute Gasteiger partial charge is 0.236 e. The lowest BCUT2D eigenvalue weighted by atomic mass is 10.3. The van der Waals surface area contributed by atoms with Crippen LogP contribution in [0.4, 0.5) is 4.39 Å². The van der Waals surface area contributed by atoms with Crippen LogP contribution in [0.5, 0.6) is 0 Å². The number of hydrogen-bond donors (Lipinski definition) is 0. The molecule has 1 amide bonds. The van der Waals surface area contributed by atoms with Crippen LogP contribution in [-0.2, 0) is 4.79 Å². The molecule has 0 aromatic heterocycles. The highest BCUT2D eigenvalue weighted by Gasteiger charge is 2.23. The van der Waals surface area contributed by atoms with Gasteiger partial charge in [0.1, 0.15) is 5.82 Å². The predicted octanol–water partition coefficient (Wildman–Crippen LogP) is 2.16. The van der Waals surface area contributed by atoms with Crippen LogP contribution in [0.3, 0.4) is 0 Å². The van der Waals surface area contributed by atoms with E-state index in [1.54, 1.807) is 17.8 Å². The average molecular weight is 351 g/mol. The summed E-state index contributed by atoms with van der Waals surface area (Å²) in [4.78, 5) is 19.6. The summed E-state index contributed by atoms with van der Waals surface area (Å²) < 4.78 is 13.6. The molecule has 2 saturated heterocycles. The Labute approximate surface area is 148 Å². The molecule has 132 valence electrons. The van der Waals surface area contributed by atoms with Gasteiger partial charge in [-0.3, -0.25) is 14.6 Å². The van der Waals surface area contributed by atoms with E-state index < -0.39 is 0 Å². The number of halogens is 1. The number of benzene rings is 1. The molecule has 2 aliphatic rings. The van der Waals surface area contributed by atoms with Gasteiger partial charge < -0.3 is 4.90 Å². The largest absolute Gasteiger partial charge is 0.342 e. The maximum atomic E-state index is 13.6. The zero-order valence-electron chi connectivity index (χ0n) is 14.1. The van der Waals surface area contributed by atoms with E-state index in [-0.39, 0.29) is 11.7 Å². The minimum absolute atomic E-state index is 0.132. The SMILES string of the molecule is O=C(CN1CCN(CCSc2ccccc2F)CC1)N1CCCC1. The Morgan fingerprint density at radius 1 is 1.00 bits per heavy atom. The normalized spacial score (nSPS) is 19.8. The summed E-state index contributed by atoms with van der Waals surface area (Å²) in [6.07, 6.45) is 2.30. The van der Waals surface area contributed by atoms with Gasteiger partial charge >= 0.3 is 0 Å². The first kappa shape index (κ1) is 17.7. The number of amides is 1. The number of thioether (sulfide) groups is 1. The Bertz CT molecular complexity index is 543. The molecular formula is C18H26FN3OS. The fourth-order valence-electron chi connectivity index (χ4n) is 3.28. The molecule has 0 spiro atoms. The molecule has 24 heavy (non-hydrogen) atoms. The average Bonchev–Trinajstić information content (AvgIpc) is 3.13. The maximum absolute atomic E-state index is 13.6. The van der Waals surface area contributed by atoms with Crippen molar-refractivity contribution in [3.8, 4) is 0 Å². The molecule has 2 heterocycles. The summed E-state index contributed by atoms with van der Waals surface area (Å²) >= 11 is 1.58. The van der Waals surface area contributed by atoms with Crippen molar-refractivity contribution in [1.82, 2.24) is 14.7 Å². The van der Waals surface area contributed by atoms with Crippen LogP contribution in [0.2, 0.25) is 0 Å². The van der Waals surface area contributed by atoms with E-state index >= 15 is 0 Å². The third-order valence-electron chi connectivity index (χ3n) is 4.78. The van der Waals surface area contributed by atoms with Gasteiger partial charge in [0.25, 0.3) is 0 Å². The van der Waals surface area contributed by atoms with E-state index in [2.05, 4.69) is 9.80 Å². The van der Waals surface area contributed by atoms with Crippen molar-refractivity contribution in [3.05, 3.63) is 30.1 Å². The number of carbonyl (C=O) groups is 1. The van der Waals surface area contributed by atoms with Crippen molar-refractivity contribution in [2.75, 3.05) is 58.1 Å². The lowest BCUT2D eigenvalue weighted by molar-refractivity contribution is -0.131. The van der Waals surface area contributed by atoms with Crippen LogP contribution in [0.1, 0.15) is 12.8 Å². The van der Waals surface area contributed by atoms with Gasteiger partial charge in [-0.15, -0.1) is 11.8 Å². The van der Waals surface area contributed by atoms with Gasteiger partial charge in [-0.1, -0.05) is 12.1 Å². The van der Waals surface area contributed by atoms with Crippen LogP contribution >= 0.6 is 11.8 Å². The number of rotatable bonds is 6. The molecular weight excluding hydrogens is 325 g/mol. The molecule has 0 aliphatic carbocycles. The van der Waals surface area contributed by atoms with E-state index in [0.29, 0.717) is 6.54 Å². The first-order valence-corrected chi connectivity index (χ1v) is 9.81. The van der Waals surface area contributed by atoms with Crippen molar-refractivity contribution in [3.63, 3.8) is 0 Å². The molecule has 0 saturated carbocycles. The minimum atomic E-state index is -0.132. The molecule has 6 heteroatoms. The predicted molar refractivity (Wildman–Crippen MR) is 95.8 cm³/mol. The number of likely N-dealkylation sites (tertiary alicyclic amines) is 1. The standard InChI is InChI=1S/C18H26FN3OS/c19-16-5-1-2-6-17(16)24-14-13-20-9-11-21(12-10-20)15-18(23)22-7-3-4-8-22/h1-2,5-6H,3-4,7-15H2. The first-order valence-electron chi connectivity index (χ1n) is 8.82. The lowest BCUT2D eigenvalue weighted by Gasteiger charge is -2.34. The second-order valence-corrected chi connectivity index (χ2v) is 7.62. The van der Waals surface area contributed by atoms with Crippen molar-refractivity contribution in [1.29, 1.82) is 0 Å². The fourth-order valence-corrected chi connectivity index (χ4v) is 4.23. The van der Waals surface area contributed by atoms with Gasteiger partial charge in [0.2, 0.25) is 5.91 Å². The maximum Gasteiger partial charge on any atom is 0.236 e. The summed E-state index contributed by atoms with van der Waals surface area (Å²) in [6, 6.07) is 6.95. The highest BCUT2D eigenvalue weighted by Crippen LogP contribution is 2.21. The zero-order valence-corrected chi connectivity index (χ0v) is 14.9. The van der Waals surface area contributed by atoms with Crippen LogP contribution < -0.4 is 0 Å². The highest BCUT2D eigenvalue weighted by molar-refractivity contribution is 7.99. The number of piperazine rings is 1. The van der Waals surface area contributed by atoms with E-state index in [0.717, 1.165) is 69.3 Å². The van der Waals surface area contributed by atoms with Gasteiger partial charge in [-0.05, 0) is 25.0 Å². The summed E-state index contributed by atoms with van der Waals surface area (Å²) in [6.45, 7) is 7.28. The fraction of sp³-hybridized carbons (Fsp3) is 0.611. The molecule has 4 nitrogen and oxygen atoms in total. The van der Waals surface area contributed by atoms with Gasteiger partial charge in [-0.2, -0.15) is 0 Å². The van der Waals surface area contributed by atoms with Crippen LogP contribution in [0, 0.1) is 5.82 Å². The molecule has 0 N–H and O–H groups in total. The van der Waals surface area contributed by atoms with Crippen molar-refractivity contribution >= 4 is 17.7 Å². The van der Waals surface area contributed by atoms with Crippen LogP contribution in [0.15, 0.2) is 29.2 Å². The van der Waals surface area contributed by atoms with Crippen molar-refractivity contribution in [2.45, 2.75) is 17.7 Å². The molecule has 0 radical (unpaired) electrons. The third-order valence-corrected chi connectivity index (χ3v) is 5.81. The number of hydrogen-bond acceptors (Lipinski definition) is 4. The van der Waals surface area contributed by atoms with Crippen molar-refractivity contribution in [2.24, 2.45) is 0 Å². The Kier molecular flexibility index (Phi) is 6.51. The third kappa shape index (κ3) is 4.94. The second kappa shape index (κ2) is 8.83. The Morgan fingerprint density at radius 3 is 2.38 bits per heavy atom. The monoisotopic (exact) mass is 351 g/mol. The summed E-state index contributed by atoms with van der Waals surface area (Å²) in [7, 11) is 0. The van der Waals surface area contributed by atoms with Gasteiger partial charge in [0.05, 0.1) is 6.54 Å². The second-order valence-electron chi connectivity index (χ2n) is 6.48. The zero-order chi connectivity index (χ0) is 16.8. The highest BCUT2D eigenvalue weighted by atomic mass is 32.2. The number of carbonyl (C=O) groups excluding carboxylic acids is 1. The molecule has 0 atom stereocenters. The van der Waals surface area contributed by atoms with Crippen molar-refractivity contribution < 1.29 is 9.18 Å². The van der Waals surface area contributed by atoms with E-state index in [1.165, 1.54) is 6.07 Å². The molecule has 0 unspecified atom stereocenters. The first-order chi connectivity index (χ1) is 11.7. The van der Waals surface area contributed by atoms with Crippen LogP contribution in [-0.4, -0.2) is 78.7 Å².